The van der Waals surface area contributed by atoms with Gasteiger partial charge in [-0.15, -0.1) is 11.3 Å². The Morgan fingerprint density at radius 2 is 1.70 bits per heavy atom. The molecule has 0 unspecified atom stereocenters. The molecular weight excluding hydrogens is 535 g/mol. The molecule has 11 heteroatoms. The first-order valence-corrected chi connectivity index (χ1v) is 13.0. The number of halogens is 2. The molecule has 0 saturated carbocycles. The number of aryl methyl sites for hydroxylation is 2. The maximum Gasteiger partial charge on any atom is 0.337 e. The van der Waals surface area contributed by atoms with E-state index in [2.05, 4.69) is 5.32 Å². The summed E-state index contributed by atoms with van der Waals surface area (Å²) >= 11 is 13.2. The van der Waals surface area contributed by atoms with E-state index in [-0.39, 0.29) is 38.4 Å². The molecule has 1 N–H and O–H groups in total. The molecule has 2 aromatic carbocycles. The Bertz CT molecular complexity index is 1650. The molecule has 2 heterocycles. The standard InChI is InChI=1S/C26H24Cl2N4O4S/c1-5-15-6-8-16(9-7-15)29-20(33)13-31-25-21(14(2)22(37-25)24(35)30(3)4)23(34)32(26(31)36)17-10-11-18(27)19(28)12-17/h6-12H,5,13H2,1-4H3,(H,29,33). The van der Waals surface area contributed by atoms with Crippen LogP contribution in [0.3, 0.4) is 0 Å². The third-order valence-electron chi connectivity index (χ3n) is 5.92. The lowest BCUT2D eigenvalue weighted by Crippen LogP contribution is -2.40. The van der Waals surface area contributed by atoms with E-state index in [1.165, 1.54) is 27.7 Å². The fourth-order valence-corrected chi connectivity index (χ4v) is 5.52. The molecule has 0 aliphatic rings. The zero-order chi connectivity index (χ0) is 27.0. The molecule has 0 aliphatic carbocycles. The number of thiophene rings is 1. The van der Waals surface area contributed by atoms with Gasteiger partial charge in [0.25, 0.3) is 11.5 Å². The number of aromatic nitrogens is 2. The highest BCUT2D eigenvalue weighted by atomic mass is 35.5. The van der Waals surface area contributed by atoms with E-state index in [1.807, 2.05) is 19.1 Å². The minimum Gasteiger partial charge on any atom is -0.344 e. The fourth-order valence-electron chi connectivity index (χ4n) is 3.91. The van der Waals surface area contributed by atoms with Gasteiger partial charge in [-0.25, -0.2) is 9.36 Å². The summed E-state index contributed by atoms with van der Waals surface area (Å²) in [5.74, 6) is -0.767. The number of hydrogen-bond acceptors (Lipinski definition) is 5. The summed E-state index contributed by atoms with van der Waals surface area (Å²) in [6.07, 6.45) is 0.865. The minimum atomic E-state index is -0.738. The first-order chi connectivity index (χ1) is 17.5. The van der Waals surface area contributed by atoms with Crippen LogP contribution in [0.2, 0.25) is 10.0 Å². The Kier molecular flexibility index (Phi) is 7.59. The van der Waals surface area contributed by atoms with Crippen LogP contribution in [-0.4, -0.2) is 39.9 Å². The normalized spacial score (nSPS) is 11.1. The van der Waals surface area contributed by atoms with Gasteiger partial charge in [-0.05, 0) is 54.8 Å². The lowest BCUT2D eigenvalue weighted by molar-refractivity contribution is -0.116. The molecule has 2 aromatic heterocycles. The summed E-state index contributed by atoms with van der Waals surface area (Å²) in [5.41, 5.74) is 0.977. The van der Waals surface area contributed by atoms with Crippen LogP contribution in [0.1, 0.15) is 27.7 Å². The zero-order valence-electron chi connectivity index (χ0n) is 20.6. The van der Waals surface area contributed by atoms with Crippen LogP contribution in [0.15, 0.2) is 52.1 Å². The van der Waals surface area contributed by atoms with Crippen LogP contribution >= 0.6 is 34.5 Å². The van der Waals surface area contributed by atoms with E-state index >= 15 is 0 Å². The highest BCUT2D eigenvalue weighted by Crippen LogP contribution is 2.30. The number of nitrogens with zero attached hydrogens (tertiary/aromatic N) is 3. The first-order valence-electron chi connectivity index (χ1n) is 11.4. The van der Waals surface area contributed by atoms with E-state index in [1.54, 1.807) is 33.2 Å². The third kappa shape index (κ3) is 5.07. The molecule has 0 bridgehead atoms. The SMILES string of the molecule is CCc1ccc(NC(=O)Cn2c(=O)n(-c3ccc(Cl)c(Cl)c3)c(=O)c3c(C)c(C(=O)N(C)C)sc32)cc1. The van der Waals surface area contributed by atoms with Gasteiger partial charge >= 0.3 is 5.69 Å². The van der Waals surface area contributed by atoms with Crippen molar-refractivity contribution in [2.24, 2.45) is 0 Å². The van der Waals surface area contributed by atoms with Crippen LogP contribution in [0, 0.1) is 6.92 Å². The monoisotopic (exact) mass is 558 g/mol. The summed E-state index contributed by atoms with van der Waals surface area (Å²) in [4.78, 5) is 55.1. The molecule has 192 valence electrons. The molecule has 0 fully saturated rings. The molecule has 4 rings (SSSR count). The van der Waals surface area contributed by atoms with Crippen molar-refractivity contribution in [2.45, 2.75) is 26.8 Å². The molecule has 4 aromatic rings. The van der Waals surface area contributed by atoms with Crippen molar-refractivity contribution in [3.63, 3.8) is 0 Å². The van der Waals surface area contributed by atoms with Gasteiger partial charge in [0.15, 0.2) is 0 Å². The van der Waals surface area contributed by atoms with Crippen molar-refractivity contribution in [1.29, 1.82) is 0 Å². The summed E-state index contributed by atoms with van der Waals surface area (Å²) < 4.78 is 2.15. The Labute approximate surface area is 226 Å². The number of anilines is 1. The van der Waals surface area contributed by atoms with Gasteiger partial charge in [-0.1, -0.05) is 42.3 Å². The second-order valence-electron chi connectivity index (χ2n) is 8.64. The van der Waals surface area contributed by atoms with Crippen molar-refractivity contribution in [3.8, 4) is 5.69 Å². The predicted octanol–water partition coefficient (Wildman–Crippen LogP) is 4.73. The smallest absolute Gasteiger partial charge is 0.337 e. The zero-order valence-corrected chi connectivity index (χ0v) is 22.9. The van der Waals surface area contributed by atoms with Gasteiger partial charge in [-0.3, -0.25) is 19.0 Å². The number of fused-ring (bicyclic) bond motifs is 1. The van der Waals surface area contributed by atoms with Crippen LogP contribution in [0.5, 0.6) is 0 Å². The molecule has 0 atom stereocenters. The highest BCUT2D eigenvalue weighted by molar-refractivity contribution is 7.20. The summed E-state index contributed by atoms with van der Waals surface area (Å²) in [7, 11) is 3.20. The van der Waals surface area contributed by atoms with Crippen LogP contribution in [0.4, 0.5) is 5.69 Å². The largest absolute Gasteiger partial charge is 0.344 e. The number of carbonyl (C=O) groups excluding carboxylic acids is 2. The van der Waals surface area contributed by atoms with Gasteiger partial charge in [-0.2, -0.15) is 0 Å². The quantitative estimate of drug-likeness (QED) is 0.370. The Hall–Kier alpha value is -3.40. The molecule has 8 nitrogen and oxygen atoms in total. The fraction of sp³-hybridized carbons (Fsp3) is 0.231. The number of rotatable bonds is 6. The van der Waals surface area contributed by atoms with Gasteiger partial charge in [0.05, 0.1) is 26.0 Å². The lowest BCUT2D eigenvalue weighted by Gasteiger charge is -2.13. The maximum absolute atomic E-state index is 13.7. The molecule has 0 spiro atoms. The van der Waals surface area contributed by atoms with Gasteiger partial charge < -0.3 is 10.2 Å². The first kappa shape index (κ1) is 26.7. The molecule has 0 aliphatic heterocycles. The number of benzene rings is 2. The molecular formula is C26H24Cl2N4O4S. The Morgan fingerprint density at radius 3 is 2.30 bits per heavy atom. The van der Waals surface area contributed by atoms with Crippen molar-refractivity contribution in [1.82, 2.24) is 14.0 Å². The number of amides is 2. The van der Waals surface area contributed by atoms with Gasteiger partial charge in [0, 0.05) is 19.8 Å². The van der Waals surface area contributed by atoms with Crippen LogP contribution < -0.4 is 16.6 Å². The van der Waals surface area contributed by atoms with E-state index in [0.717, 1.165) is 27.9 Å². The van der Waals surface area contributed by atoms with E-state index in [9.17, 15) is 19.2 Å². The molecule has 0 saturated heterocycles. The molecule has 37 heavy (non-hydrogen) atoms. The third-order valence-corrected chi connectivity index (χ3v) is 7.96. The molecule has 0 radical (unpaired) electrons. The van der Waals surface area contributed by atoms with Gasteiger partial charge in [0.1, 0.15) is 11.4 Å². The van der Waals surface area contributed by atoms with Crippen molar-refractivity contribution in [2.75, 3.05) is 19.4 Å². The number of hydrogen-bond donors (Lipinski definition) is 1. The van der Waals surface area contributed by atoms with Crippen molar-refractivity contribution >= 4 is 62.3 Å². The number of nitrogens with one attached hydrogen (secondary N) is 1. The van der Waals surface area contributed by atoms with Crippen molar-refractivity contribution in [3.05, 3.63) is 89.4 Å². The Balaban J connectivity index is 1.91. The number of carbonyl (C=O) groups is 2. The second kappa shape index (κ2) is 10.5. The molecule has 2 amide bonds. The van der Waals surface area contributed by atoms with Gasteiger partial charge in [0.2, 0.25) is 5.91 Å². The maximum atomic E-state index is 13.7. The van der Waals surface area contributed by atoms with E-state index < -0.39 is 17.2 Å². The highest BCUT2D eigenvalue weighted by Gasteiger charge is 2.25. The van der Waals surface area contributed by atoms with Crippen LogP contribution in [-0.2, 0) is 17.8 Å². The minimum absolute atomic E-state index is 0.163. The second-order valence-corrected chi connectivity index (χ2v) is 10.5. The summed E-state index contributed by atoms with van der Waals surface area (Å²) in [5, 5.41) is 3.40. The van der Waals surface area contributed by atoms with E-state index in [4.69, 9.17) is 23.2 Å². The Morgan fingerprint density at radius 1 is 1.03 bits per heavy atom. The average molecular weight is 559 g/mol. The average Bonchev–Trinajstić information content (AvgIpc) is 3.21. The van der Waals surface area contributed by atoms with Crippen LogP contribution in [0.25, 0.3) is 15.9 Å². The van der Waals surface area contributed by atoms with E-state index in [0.29, 0.717) is 16.1 Å². The topological polar surface area (TPSA) is 93.4 Å². The van der Waals surface area contributed by atoms with Crippen molar-refractivity contribution < 1.29 is 9.59 Å². The predicted molar refractivity (Wildman–Crippen MR) is 149 cm³/mol. The summed E-state index contributed by atoms with van der Waals surface area (Å²) in [6.45, 7) is 3.31. The summed E-state index contributed by atoms with van der Waals surface area (Å²) in [6, 6.07) is 11.8. The lowest BCUT2D eigenvalue weighted by atomic mass is 10.1.